The fourth-order valence-electron chi connectivity index (χ4n) is 2.15. The Hall–Kier alpha value is -2.51. The molecule has 0 spiro atoms. The average Bonchev–Trinajstić information content (AvgIpc) is 2.86. The molecule has 0 fully saturated rings. The summed E-state index contributed by atoms with van der Waals surface area (Å²) in [5, 5.41) is 8.06. The molecule has 0 radical (unpaired) electrons. The Morgan fingerprint density at radius 3 is 3.00 bits per heavy atom. The quantitative estimate of drug-likeness (QED) is 0.869. The highest BCUT2D eigenvalue weighted by Crippen LogP contribution is 2.24. The molecular weight excluding hydrogens is 285 g/mol. The van der Waals surface area contributed by atoms with Crippen LogP contribution >= 0.6 is 0 Å². The zero-order valence-corrected chi connectivity index (χ0v) is 10.8. The molecule has 2 aromatic rings. The van der Waals surface area contributed by atoms with E-state index in [-0.39, 0.29) is 13.1 Å². The second kappa shape index (κ2) is 5.47. The first-order chi connectivity index (χ1) is 10.1. The molecule has 0 aliphatic carbocycles. The van der Waals surface area contributed by atoms with Gasteiger partial charge in [0.2, 0.25) is 5.88 Å². The van der Waals surface area contributed by atoms with Crippen LogP contribution in [0, 0.1) is 0 Å². The van der Waals surface area contributed by atoms with Crippen molar-refractivity contribution < 1.29 is 17.9 Å². The highest BCUT2D eigenvalue weighted by Gasteiger charge is 2.23. The van der Waals surface area contributed by atoms with Crippen molar-refractivity contribution in [1.29, 1.82) is 0 Å². The molecule has 1 aliphatic rings. The molecule has 3 rings (SSSR count). The van der Waals surface area contributed by atoms with E-state index >= 15 is 0 Å². The first kappa shape index (κ1) is 13.5. The number of rotatable bonds is 4. The zero-order valence-electron chi connectivity index (χ0n) is 10.8. The van der Waals surface area contributed by atoms with Gasteiger partial charge in [0, 0.05) is 18.3 Å². The third-order valence-electron chi connectivity index (χ3n) is 3.03. The van der Waals surface area contributed by atoms with E-state index in [9.17, 15) is 13.2 Å². The fraction of sp³-hybridized carbons (Fsp3) is 0.231. The summed E-state index contributed by atoms with van der Waals surface area (Å²) in [6, 6.07) is 3.53. The van der Waals surface area contributed by atoms with Gasteiger partial charge in [-0.15, -0.1) is 0 Å². The molecule has 1 aliphatic heterocycles. The van der Waals surface area contributed by atoms with Gasteiger partial charge >= 0.3 is 6.61 Å². The third kappa shape index (κ3) is 2.69. The standard InChI is InChI=1S/C13H11F3N4O/c14-10-3-2-6-19(12(10)21-13(15)16)8-9-7-18-20-11(9)4-1-5-17-20/h1-5,7,13H,6,8H2. The van der Waals surface area contributed by atoms with Crippen LogP contribution in [0.15, 0.2) is 48.4 Å². The molecule has 0 amide bonds. The van der Waals surface area contributed by atoms with Gasteiger partial charge in [-0.25, -0.2) is 4.39 Å². The zero-order chi connectivity index (χ0) is 14.8. The summed E-state index contributed by atoms with van der Waals surface area (Å²) in [5.41, 5.74) is 1.46. The van der Waals surface area contributed by atoms with Crippen LogP contribution in [-0.2, 0) is 11.3 Å². The van der Waals surface area contributed by atoms with Crippen molar-refractivity contribution in [2.45, 2.75) is 13.2 Å². The van der Waals surface area contributed by atoms with Gasteiger partial charge in [0.15, 0.2) is 5.83 Å². The van der Waals surface area contributed by atoms with Crippen LogP contribution in [0.25, 0.3) is 5.52 Å². The van der Waals surface area contributed by atoms with Gasteiger partial charge in [-0.05, 0) is 18.2 Å². The molecule has 0 saturated carbocycles. The van der Waals surface area contributed by atoms with Gasteiger partial charge in [-0.3, -0.25) is 0 Å². The van der Waals surface area contributed by atoms with Crippen LogP contribution < -0.4 is 0 Å². The molecule has 5 nitrogen and oxygen atoms in total. The van der Waals surface area contributed by atoms with Crippen molar-refractivity contribution in [3.8, 4) is 0 Å². The Bertz CT molecular complexity index is 710. The second-order valence-corrected chi connectivity index (χ2v) is 4.38. The van der Waals surface area contributed by atoms with Gasteiger partial charge < -0.3 is 9.64 Å². The van der Waals surface area contributed by atoms with E-state index in [1.807, 2.05) is 0 Å². The van der Waals surface area contributed by atoms with Crippen LogP contribution in [0.3, 0.4) is 0 Å². The van der Waals surface area contributed by atoms with Crippen LogP contribution in [0.5, 0.6) is 0 Å². The SMILES string of the molecule is FC1=C(OC(F)F)N(Cc2cnn3ncccc23)CC=C1. The minimum absolute atomic E-state index is 0.189. The molecule has 0 aromatic carbocycles. The van der Waals surface area contributed by atoms with E-state index < -0.39 is 18.3 Å². The molecule has 0 bridgehead atoms. The summed E-state index contributed by atoms with van der Waals surface area (Å²) in [6.45, 7) is -2.62. The number of hydrogen-bond donors (Lipinski definition) is 0. The average molecular weight is 296 g/mol. The molecule has 110 valence electrons. The highest BCUT2D eigenvalue weighted by molar-refractivity contribution is 5.52. The summed E-state index contributed by atoms with van der Waals surface area (Å²) in [4.78, 5) is 1.38. The summed E-state index contributed by atoms with van der Waals surface area (Å²) in [6.07, 6.45) is 5.81. The normalized spacial score (nSPS) is 15.3. The number of nitrogens with zero attached hydrogens (tertiary/aromatic N) is 4. The van der Waals surface area contributed by atoms with Gasteiger partial charge in [-0.1, -0.05) is 6.08 Å². The van der Waals surface area contributed by atoms with E-state index in [1.165, 1.54) is 15.6 Å². The van der Waals surface area contributed by atoms with E-state index in [1.54, 1.807) is 24.5 Å². The van der Waals surface area contributed by atoms with Crippen LogP contribution in [-0.4, -0.2) is 32.9 Å². The lowest BCUT2D eigenvalue weighted by molar-refractivity contribution is -0.121. The number of halogens is 3. The van der Waals surface area contributed by atoms with Gasteiger partial charge in [-0.2, -0.15) is 23.6 Å². The van der Waals surface area contributed by atoms with Crippen LogP contribution in [0.1, 0.15) is 5.56 Å². The molecule has 0 unspecified atom stereocenters. The second-order valence-electron chi connectivity index (χ2n) is 4.38. The molecule has 21 heavy (non-hydrogen) atoms. The van der Waals surface area contributed by atoms with Crippen LogP contribution in [0.2, 0.25) is 0 Å². The van der Waals surface area contributed by atoms with Crippen molar-refractivity contribution in [1.82, 2.24) is 19.7 Å². The predicted molar refractivity (Wildman–Crippen MR) is 67.8 cm³/mol. The fourth-order valence-corrected chi connectivity index (χ4v) is 2.15. The Morgan fingerprint density at radius 2 is 2.19 bits per heavy atom. The number of allylic oxidation sites excluding steroid dienone is 2. The minimum atomic E-state index is -3.08. The highest BCUT2D eigenvalue weighted by atomic mass is 19.3. The maximum atomic E-state index is 13.7. The summed E-state index contributed by atoms with van der Waals surface area (Å²) < 4.78 is 44.2. The predicted octanol–water partition coefficient (Wildman–Crippen LogP) is 2.48. The van der Waals surface area contributed by atoms with Crippen molar-refractivity contribution in [3.05, 3.63) is 54.0 Å². The Labute approximate surface area is 117 Å². The van der Waals surface area contributed by atoms with Crippen LogP contribution in [0.4, 0.5) is 13.2 Å². The van der Waals surface area contributed by atoms with Crippen molar-refractivity contribution in [2.24, 2.45) is 0 Å². The topological polar surface area (TPSA) is 42.7 Å². The smallest absolute Gasteiger partial charge is 0.388 e. The largest absolute Gasteiger partial charge is 0.416 e. The number of hydrogen-bond acceptors (Lipinski definition) is 4. The molecular formula is C13H11F3N4O. The Morgan fingerprint density at radius 1 is 1.33 bits per heavy atom. The lowest BCUT2D eigenvalue weighted by Gasteiger charge is -2.27. The van der Waals surface area contributed by atoms with E-state index in [0.717, 1.165) is 17.2 Å². The van der Waals surface area contributed by atoms with Crippen molar-refractivity contribution in [2.75, 3.05) is 6.54 Å². The number of aromatic nitrogens is 3. The lowest BCUT2D eigenvalue weighted by Crippen LogP contribution is -2.28. The van der Waals surface area contributed by atoms with E-state index in [0.29, 0.717) is 0 Å². The van der Waals surface area contributed by atoms with E-state index in [4.69, 9.17) is 0 Å². The van der Waals surface area contributed by atoms with Gasteiger partial charge in [0.25, 0.3) is 0 Å². The monoisotopic (exact) mass is 296 g/mol. The molecule has 0 N–H and O–H groups in total. The molecule has 0 atom stereocenters. The number of ether oxygens (including phenoxy) is 1. The first-order valence-corrected chi connectivity index (χ1v) is 6.19. The summed E-state index contributed by atoms with van der Waals surface area (Å²) in [5.74, 6) is -1.29. The lowest BCUT2D eigenvalue weighted by atomic mass is 10.2. The summed E-state index contributed by atoms with van der Waals surface area (Å²) >= 11 is 0. The first-order valence-electron chi connectivity index (χ1n) is 6.19. The number of alkyl halides is 2. The van der Waals surface area contributed by atoms with Crippen molar-refractivity contribution >= 4 is 5.52 Å². The Balaban J connectivity index is 1.88. The van der Waals surface area contributed by atoms with Gasteiger partial charge in [0.05, 0.1) is 18.3 Å². The summed E-state index contributed by atoms with van der Waals surface area (Å²) in [7, 11) is 0. The molecule has 3 heterocycles. The number of fused-ring (bicyclic) bond motifs is 1. The molecule has 8 heteroatoms. The maximum absolute atomic E-state index is 13.7. The molecule has 0 saturated heterocycles. The molecule has 2 aromatic heterocycles. The maximum Gasteiger partial charge on any atom is 0.388 e. The van der Waals surface area contributed by atoms with Gasteiger partial charge in [0.1, 0.15) is 0 Å². The van der Waals surface area contributed by atoms with E-state index in [2.05, 4.69) is 14.9 Å². The minimum Gasteiger partial charge on any atom is -0.416 e. The third-order valence-corrected chi connectivity index (χ3v) is 3.03. The van der Waals surface area contributed by atoms with Crippen molar-refractivity contribution in [3.63, 3.8) is 0 Å². The Kier molecular flexibility index (Phi) is 3.51.